The Labute approximate surface area is 129 Å². The van der Waals surface area contributed by atoms with Crippen LogP contribution in [0.2, 0.25) is 0 Å². The van der Waals surface area contributed by atoms with Gasteiger partial charge in [0.05, 0.1) is 6.04 Å². The molecule has 0 saturated carbocycles. The fourth-order valence-electron chi connectivity index (χ4n) is 3.07. The Bertz CT molecular complexity index is 582. The number of rotatable bonds is 4. The Kier molecular flexibility index (Phi) is 4.29. The lowest BCUT2D eigenvalue weighted by atomic mass is 9.95. The minimum atomic E-state index is -0.493. The highest BCUT2D eigenvalue weighted by molar-refractivity contribution is 5.82. The predicted molar refractivity (Wildman–Crippen MR) is 81.3 cm³/mol. The quantitative estimate of drug-likeness (QED) is 0.831. The maximum Gasteiger partial charge on any atom is 0.255 e. The first-order valence-corrected chi connectivity index (χ1v) is 7.68. The maximum atomic E-state index is 12.4. The molecule has 1 fully saturated rings. The third kappa shape index (κ3) is 3.22. The van der Waals surface area contributed by atoms with Gasteiger partial charge in [-0.05, 0) is 42.5 Å². The van der Waals surface area contributed by atoms with Gasteiger partial charge in [0.2, 0.25) is 5.91 Å². The van der Waals surface area contributed by atoms with Gasteiger partial charge in [0.15, 0.2) is 6.61 Å². The minimum Gasteiger partial charge on any atom is -0.484 e. The molecule has 1 atom stereocenters. The molecule has 2 amide bonds. The number of hydrogen-bond acceptors (Lipinski definition) is 4. The molecule has 1 unspecified atom stereocenters. The van der Waals surface area contributed by atoms with E-state index in [2.05, 4.69) is 5.32 Å². The van der Waals surface area contributed by atoms with Gasteiger partial charge in [0.25, 0.3) is 5.91 Å². The van der Waals surface area contributed by atoms with Gasteiger partial charge in [-0.1, -0.05) is 6.07 Å². The number of nitrogens with two attached hydrogens (primary N) is 1. The largest absolute Gasteiger partial charge is 0.484 e. The highest BCUT2D eigenvalue weighted by atomic mass is 16.5. The SMILES string of the molecule is NC(=O)COc1ccc2c(c1)CNC(C(=O)N1CCCC1)C2. The summed E-state index contributed by atoms with van der Waals surface area (Å²) in [4.78, 5) is 25.1. The van der Waals surface area contributed by atoms with E-state index in [4.69, 9.17) is 10.5 Å². The van der Waals surface area contributed by atoms with E-state index in [1.165, 1.54) is 0 Å². The molecule has 0 spiro atoms. The summed E-state index contributed by atoms with van der Waals surface area (Å²) in [5, 5.41) is 3.31. The molecule has 6 heteroatoms. The Morgan fingerprint density at radius 1 is 1.27 bits per heavy atom. The highest BCUT2D eigenvalue weighted by Gasteiger charge is 2.29. The number of likely N-dealkylation sites (tertiary alicyclic amines) is 1. The van der Waals surface area contributed by atoms with Gasteiger partial charge < -0.3 is 20.7 Å². The van der Waals surface area contributed by atoms with Gasteiger partial charge in [0, 0.05) is 19.6 Å². The Morgan fingerprint density at radius 3 is 2.77 bits per heavy atom. The van der Waals surface area contributed by atoms with Crippen LogP contribution in [0.5, 0.6) is 5.75 Å². The van der Waals surface area contributed by atoms with Crippen LogP contribution in [-0.2, 0) is 22.6 Å². The van der Waals surface area contributed by atoms with Gasteiger partial charge in [-0.15, -0.1) is 0 Å². The lowest BCUT2D eigenvalue weighted by Gasteiger charge is -2.29. The summed E-state index contributed by atoms with van der Waals surface area (Å²) in [5.74, 6) is 0.341. The van der Waals surface area contributed by atoms with Crippen molar-refractivity contribution in [2.24, 2.45) is 5.73 Å². The van der Waals surface area contributed by atoms with Crippen LogP contribution in [0.3, 0.4) is 0 Å². The number of nitrogens with one attached hydrogen (secondary N) is 1. The molecule has 0 radical (unpaired) electrons. The van der Waals surface area contributed by atoms with Crippen molar-refractivity contribution in [3.05, 3.63) is 29.3 Å². The van der Waals surface area contributed by atoms with Crippen LogP contribution in [0.1, 0.15) is 24.0 Å². The van der Waals surface area contributed by atoms with E-state index in [-0.39, 0.29) is 18.6 Å². The van der Waals surface area contributed by atoms with E-state index >= 15 is 0 Å². The standard InChI is InChI=1S/C16H21N3O3/c17-15(20)10-22-13-4-3-11-8-14(18-9-12(11)7-13)16(21)19-5-1-2-6-19/h3-4,7,14,18H,1-2,5-6,8-10H2,(H2,17,20). The van der Waals surface area contributed by atoms with Crippen LogP contribution in [0.15, 0.2) is 18.2 Å². The van der Waals surface area contributed by atoms with Gasteiger partial charge in [-0.3, -0.25) is 9.59 Å². The van der Waals surface area contributed by atoms with Crippen molar-refractivity contribution < 1.29 is 14.3 Å². The number of amides is 2. The molecule has 0 bridgehead atoms. The number of hydrogen-bond donors (Lipinski definition) is 2. The van der Waals surface area contributed by atoms with Crippen LogP contribution < -0.4 is 15.8 Å². The molecule has 6 nitrogen and oxygen atoms in total. The van der Waals surface area contributed by atoms with E-state index in [1.807, 2.05) is 23.1 Å². The molecule has 3 N–H and O–H groups in total. The van der Waals surface area contributed by atoms with Crippen molar-refractivity contribution in [3.63, 3.8) is 0 Å². The zero-order chi connectivity index (χ0) is 15.5. The smallest absolute Gasteiger partial charge is 0.255 e. The number of carbonyl (C=O) groups is 2. The molecule has 1 saturated heterocycles. The number of primary amides is 1. The predicted octanol–water partition coefficient (Wildman–Crippen LogP) is 0.187. The fraction of sp³-hybridized carbons (Fsp3) is 0.500. The molecule has 2 aliphatic heterocycles. The molecule has 0 aromatic heterocycles. The lowest BCUT2D eigenvalue weighted by Crippen LogP contribution is -2.48. The molecular weight excluding hydrogens is 282 g/mol. The van der Waals surface area contributed by atoms with Crippen molar-refractivity contribution in [3.8, 4) is 5.75 Å². The van der Waals surface area contributed by atoms with E-state index in [0.717, 1.165) is 37.1 Å². The molecule has 22 heavy (non-hydrogen) atoms. The van der Waals surface area contributed by atoms with Gasteiger partial charge in [-0.2, -0.15) is 0 Å². The highest BCUT2D eigenvalue weighted by Crippen LogP contribution is 2.23. The Hall–Kier alpha value is -2.08. The van der Waals surface area contributed by atoms with Crippen molar-refractivity contribution in [1.82, 2.24) is 10.2 Å². The second-order valence-corrected chi connectivity index (χ2v) is 5.86. The van der Waals surface area contributed by atoms with Crippen molar-refractivity contribution in [2.75, 3.05) is 19.7 Å². The van der Waals surface area contributed by atoms with E-state index in [1.54, 1.807) is 0 Å². The van der Waals surface area contributed by atoms with Crippen LogP contribution in [0.4, 0.5) is 0 Å². The molecule has 3 rings (SSSR count). The third-order valence-corrected chi connectivity index (χ3v) is 4.24. The number of carbonyl (C=O) groups excluding carboxylic acids is 2. The number of fused-ring (bicyclic) bond motifs is 1. The summed E-state index contributed by atoms with van der Waals surface area (Å²) in [6, 6.07) is 5.56. The second-order valence-electron chi connectivity index (χ2n) is 5.86. The van der Waals surface area contributed by atoms with Crippen molar-refractivity contribution in [1.29, 1.82) is 0 Å². The topological polar surface area (TPSA) is 84.7 Å². The summed E-state index contributed by atoms with van der Waals surface area (Å²) in [7, 11) is 0. The number of ether oxygens (including phenoxy) is 1. The molecule has 118 valence electrons. The Morgan fingerprint density at radius 2 is 2.05 bits per heavy atom. The molecule has 0 aliphatic carbocycles. The zero-order valence-electron chi connectivity index (χ0n) is 12.5. The molecule has 2 aliphatic rings. The van der Waals surface area contributed by atoms with Gasteiger partial charge in [0.1, 0.15) is 5.75 Å². The summed E-state index contributed by atoms with van der Waals surface area (Å²) in [6.07, 6.45) is 2.91. The first kappa shape index (κ1) is 14.8. The van der Waals surface area contributed by atoms with Gasteiger partial charge >= 0.3 is 0 Å². The first-order valence-electron chi connectivity index (χ1n) is 7.68. The third-order valence-electron chi connectivity index (χ3n) is 4.24. The van der Waals surface area contributed by atoms with Crippen molar-refractivity contribution >= 4 is 11.8 Å². The van der Waals surface area contributed by atoms with Crippen LogP contribution in [0, 0.1) is 0 Å². The molecule has 1 aromatic rings. The average Bonchev–Trinajstić information content (AvgIpc) is 3.06. The summed E-state index contributed by atoms with van der Waals surface area (Å²) in [6.45, 7) is 2.27. The second kappa shape index (κ2) is 6.36. The first-order chi connectivity index (χ1) is 10.6. The molecular formula is C16H21N3O3. The zero-order valence-corrected chi connectivity index (χ0v) is 12.5. The van der Waals surface area contributed by atoms with E-state index in [0.29, 0.717) is 18.7 Å². The fourth-order valence-corrected chi connectivity index (χ4v) is 3.07. The molecule has 2 heterocycles. The number of nitrogens with zero attached hydrogens (tertiary/aromatic N) is 1. The van der Waals surface area contributed by atoms with Crippen LogP contribution in [0.25, 0.3) is 0 Å². The number of benzene rings is 1. The monoisotopic (exact) mass is 303 g/mol. The Balaban J connectivity index is 1.65. The summed E-state index contributed by atoms with van der Waals surface area (Å²) < 4.78 is 5.31. The van der Waals surface area contributed by atoms with E-state index in [9.17, 15) is 9.59 Å². The van der Waals surface area contributed by atoms with Crippen LogP contribution >= 0.6 is 0 Å². The summed E-state index contributed by atoms with van der Waals surface area (Å²) in [5.41, 5.74) is 7.33. The van der Waals surface area contributed by atoms with Crippen molar-refractivity contribution in [2.45, 2.75) is 31.8 Å². The molecule has 1 aromatic carbocycles. The summed E-state index contributed by atoms with van der Waals surface area (Å²) >= 11 is 0. The van der Waals surface area contributed by atoms with Crippen LogP contribution in [-0.4, -0.2) is 42.5 Å². The maximum absolute atomic E-state index is 12.4. The normalized spacial score (nSPS) is 20.5. The lowest BCUT2D eigenvalue weighted by molar-refractivity contribution is -0.132. The van der Waals surface area contributed by atoms with E-state index < -0.39 is 5.91 Å². The minimum absolute atomic E-state index is 0.123. The average molecular weight is 303 g/mol. The van der Waals surface area contributed by atoms with Gasteiger partial charge in [-0.25, -0.2) is 0 Å².